The molecular formula is C17H14F3N3O3S. The molecule has 3 rings (SSSR count). The molecule has 2 heterocycles. The van der Waals surface area contributed by atoms with Crippen molar-refractivity contribution >= 4 is 34.9 Å². The molecule has 0 saturated carbocycles. The molecule has 142 valence electrons. The van der Waals surface area contributed by atoms with E-state index in [2.05, 4.69) is 10.6 Å². The van der Waals surface area contributed by atoms with Gasteiger partial charge in [-0.25, -0.2) is 4.79 Å². The van der Waals surface area contributed by atoms with Gasteiger partial charge < -0.3 is 10.6 Å². The second-order valence-electron chi connectivity index (χ2n) is 6.05. The molecule has 0 spiro atoms. The summed E-state index contributed by atoms with van der Waals surface area (Å²) in [4.78, 5) is 37.7. The fourth-order valence-corrected chi connectivity index (χ4v) is 3.52. The number of amides is 4. The van der Waals surface area contributed by atoms with Gasteiger partial charge in [0.05, 0.1) is 11.3 Å². The number of halogens is 3. The minimum atomic E-state index is -4.65. The first-order chi connectivity index (χ1) is 12.6. The highest BCUT2D eigenvalue weighted by Crippen LogP contribution is 2.35. The van der Waals surface area contributed by atoms with E-state index in [0.29, 0.717) is 10.5 Å². The van der Waals surface area contributed by atoms with E-state index in [-0.39, 0.29) is 0 Å². The summed E-state index contributed by atoms with van der Waals surface area (Å²) < 4.78 is 39.0. The summed E-state index contributed by atoms with van der Waals surface area (Å²) in [6, 6.07) is 5.35. The summed E-state index contributed by atoms with van der Waals surface area (Å²) in [5, 5.41) is 8.07. The van der Waals surface area contributed by atoms with Crippen LogP contribution in [0.15, 0.2) is 41.1 Å². The molecule has 27 heavy (non-hydrogen) atoms. The molecule has 2 aromatic rings. The average molecular weight is 397 g/mol. The van der Waals surface area contributed by atoms with E-state index in [1.165, 1.54) is 30.4 Å². The molecule has 4 amide bonds. The number of para-hydroxylation sites is 1. The molecular weight excluding hydrogens is 383 g/mol. The van der Waals surface area contributed by atoms with E-state index in [0.717, 1.165) is 12.1 Å². The van der Waals surface area contributed by atoms with E-state index in [1.807, 2.05) is 0 Å². The minimum Gasteiger partial charge on any atom is -0.324 e. The number of carbonyl (C=O) groups excluding carboxylic acids is 3. The number of anilines is 1. The summed E-state index contributed by atoms with van der Waals surface area (Å²) >= 11 is 1.34. The van der Waals surface area contributed by atoms with Crippen LogP contribution in [0.1, 0.15) is 18.1 Å². The zero-order valence-corrected chi connectivity index (χ0v) is 14.8. The molecule has 0 bridgehead atoms. The van der Waals surface area contributed by atoms with E-state index < -0.39 is 47.4 Å². The van der Waals surface area contributed by atoms with Gasteiger partial charge in [0.15, 0.2) is 0 Å². The van der Waals surface area contributed by atoms with Crippen molar-refractivity contribution in [2.24, 2.45) is 0 Å². The molecule has 1 unspecified atom stereocenters. The number of rotatable bonds is 4. The molecule has 1 saturated heterocycles. The largest absolute Gasteiger partial charge is 0.418 e. The van der Waals surface area contributed by atoms with Crippen LogP contribution in [0, 0.1) is 0 Å². The Morgan fingerprint density at radius 2 is 1.96 bits per heavy atom. The number of alkyl halides is 3. The lowest BCUT2D eigenvalue weighted by atomic mass is 9.95. The summed E-state index contributed by atoms with van der Waals surface area (Å²) in [7, 11) is 0. The third kappa shape index (κ3) is 3.52. The molecule has 6 nitrogen and oxygen atoms in total. The van der Waals surface area contributed by atoms with Crippen LogP contribution in [0.3, 0.4) is 0 Å². The van der Waals surface area contributed by atoms with Crippen LogP contribution in [0.5, 0.6) is 0 Å². The van der Waals surface area contributed by atoms with Gasteiger partial charge in [0, 0.05) is 0 Å². The van der Waals surface area contributed by atoms with Crippen molar-refractivity contribution < 1.29 is 27.6 Å². The highest BCUT2D eigenvalue weighted by molar-refractivity contribution is 7.08. The van der Waals surface area contributed by atoms with Crippen molar-refractivity contribution in [1.29, 1.82) is 0 Å². The Labute approximate surface area is 156 Å². The van der Waals surface area contributed by atoms with Crippen LogP contribution in [0.2, 0.25) is 0 Å². The number of nitrogens with zero attached hydrogens (tertiary/aromatic N) is 1. The zero-order valence-electron chi connectivity index (χ0n) is 14.0. The van der Waals surface area contributed by atoms with E-state index in [1.54, 1.807) is 16.8 Å². The predicted molar refractivity (Wildman–Crippen MR) is 92.0 cm³/mol. The van der Waals surface area contributed by atoms with Crippen LogP contribution in [0.4, 0.5) is 23.7 Å². The molecule has 1 aromatic heterocycles. The van der Waals surface area contributed by atoms with Gasteiger partial charge in [-0.1, -0.05) is 12.1 Å². The van der Waals surface area contributed by atoms with Gasteiger partial charge in [-0.05, 0) is 41.4 Å². The standard InChI is InChI=1S/C17H14F3N3O3S/c1-16(10-6-7-27-9-10)14(25)23(15(26)22-16)8-13(24)21-12-5-3-2-4-11(12)17(18,19)20/h2-7,9H,8H2,1H3,(H,21,24)(H,22,26). The lowest BCUT2D eigenvalue weighted by Gasteiger charge is -2.20. The zero-order chi connectivity index (χ0) is 19.8. The molecule has 10 heteroatoms. The third-order valence-electron chi connectivity index (χ3n) is 4.18. The van der Waals surface area contributed by atoms with Gasteiger partial charge in [-0.2, -0.15) is 24.5 Å². The van der Waals surface area contributed by atoms with E-state index in [9.17, 15) is 27.6 Å². The fraction of sp³-hybridized carbons (Fsp3) is 0.235. The first kappa shape index (κ1) is 18.9. The van der Waals surface area contributed by atoms with Gasteiger partial charge in [-0.3, -0.25) is 14.5 Å². The number of hydrogen-bond acceptors (Lipinski definition) is 4. The topological polar surface area (TPSA) is 78.5 Å². The number of urea groups is 1. The van der Waals surface area contributed by atoms with Gasteiger partial charge in [0.2, 0.25) is 5.91 Å². The fourth-order valence-electron chi connectivity index (χ4n) is 2.76. The molecule has 1 aliphatic rings. The second kappa shape index (κ2) is 6.69. The molecule has 1 atom stereocenters. The predicted octanol–water partition coefficient (Wildman–Crippen LogP) is 3.17. The van der Waals surface area contributed by atoms with Crippen molar-refractivity contribution in [3.05, 3.63) is 52.2 Å². The Balaban J connectivity index is 1.76. The molecule has 2 N–H and O–H groups in total. The Morgan fingerprint density at radius 3 is 2.59 bits per heavy atom. The monoisotopic (exact) mass is 397 g/mol. The number of thiophene rings is 1. The Bertz CT molecular complexity index is 898. The molecule has 0 radical (unpaired) electrons. The number of carbonyl (C=O) groups is 3. The smallest absolute Gasteiger partial charge is 0.324 e. The molecule has 1 aromatic carbocycles. The number of benzene rings is 1. The minimum absolute atomic E-state index is 0.442. The number of nitrogens with one attached hydrogen (secondary N) is 2. The second-order valence-corrected chi connectivity index (χ2v) is 6.83. The Kier molecular flexibility index (Phi) is 4.68. The van der Waals surface area contributed by atoms with E-state index >= 15 is 0 Å². The maximum atomic E-state index is 13.0. The van der Waals surface area contributed by atoms with E-state index in [4.69, 9.17) is 0 Å². The molecule has 1 aliphatic heterocycles. The lowest BCUT2D eigenvalue weighted by molar-refractivity contribution is -0.137. The highest BCUT2D eigenvalue weighted by atomic mass is 32.1. The first-order valence-corrected chi connectivity index (χ1v) is 8.70. The number of imide groups is 1. The van der Waals surface area contributed by atoms with Crippen molar-refractivity contribution in [3.63, 3.8) is 0 Å². The van der Waals surface area contributed by atoms with Crippen LogP contribution >= 0.6 is 11.3 Å². The van der Waals surface area contributed by atoms with Crippen LogP contribution in [0.25, 0.3) is 0 Å². The van der Waals surface area contributed by atoms with Gasteiger partial charge in [0.25, 0.3) is 5.91 Å². The van der Waals surface area contributed by atoms with Gasteiger partial charge in [0.1, 0.15) is 12.1 Å². The molecule has 1 fully saturated rings. The van der Waals surface area contributed by atoms with Crippen LogP contribution in [-0.4, -0.2) is 29.3 Å². The summed E-state index contributed by atoms with van der Waals surface area (Å²) in [6.07, 6.45) is -4.65. The summed E-state index contributed by atoms with van der Waals surface area (Å²) in [5.74, 6) is -1.56. The van der Waals surface area contributed by atoms with Crippen molar-refractivity contribution in [2.45, 2.75) is 18.6 Å². The SMILES string of the molecule is CC1(c2ccsc2)NC(=O)N(CC(=O)Nc2ccccc2C(F)(F)F)C1=O. The average Bonchev–Trinajstić information content (AvgIpc) is 3.19. The quantitative estimate of drug-likeness (QED) is 0.778. The molecule has 0 aliphatic carbocycles. The lowest BCUT2D eigenvalue weighted by Crippen LogP contribution is -2.41. The summed E-state index contributed by atoms with van der Waals surface area (Å²) in [6.45, 7) is 0.808. The van der Waals surface area contributed by atoms with Gasteiger partial charge >= 0.3 is 12.2 Å². The van der Waals surface area contributed by atoms with Crippen LogP contribution < -0.4 is 10.6 Å². The maximum absolute atomic E-state index is 13.0. The maximum Gasteiger partial charge on any atom is 0.418 e. The first-order valence-electron chi connectivity index (χ1n) is 7.76. The highest BCUT2D eigenvalue weighted by Gasteiger charge is 2.49. The van der Waals surface area contributed by atoms with Gasteiger partial charge in [-0.15, -0.1) is 0 Å². The third-order valence-corrected chi connectivity index (χ3v) is 4.87. The van der Waals surface area contributed by atoms with Crippen molar-refractivity contribution in [2.75, 3.05) is 11.9 Å². The van der Waals surface area contributed by atoms with Crippen molar-refractivity contribution in [3.8, 4) is 0 Å². The Morgan fingerprint density at radius 1 is 1.26 bits per heavy atom. The number of hydrogen-bond donors (Lipinski definition) is 2. The Hall–Kier alpha value is -2.88. The van der Waals surface area contributed by atoms with Crippen LogP contribution in [-0.2, 0) is 21.3 Å². The summed E-state index contributed by atoms with van der Waals surface area (Å²) in [5.41, 5.74) is -2.21. The normalized spacial score (nSPS) is 19.9. The van der Waals surface area contributed by atoms with Crippen molar-refractivity contribution in [1.82, 2.24) is 10.2 Å².